The molecule has 33 heavy (non-hydrogen) atoms. The molecule has 3 rings (SSSR count). The topological polar surface area (TPSA) is 182 Å². The van der Waals surface area contributed by atoms with Gasteiger partial charge in [-0.15, -0.1) is 0 Å². The number of alkyl halides is 1. The van der Waals surface area contributed by atoms with Gasteiger partial charge in [-0.3, -0.25) is 9.59 Å². The molecule has 1 aliphatic carbocycles. The molecule has 2 aromatic rings. The number of halogens is 1. The number of aliphatic carboxylic acids is 2. The monoisotopic (exact) mass is 457 g/mol. The van der Waals surface area contributed by atoms with E-state index in [4.69, 9.17) is 21.7 Å². The molecule has 0 bridgehead atoms. The van der Waals surface area contributed by atoms with Crippen molar-refractivity contribution in [2.45, 2.75) is 44.3 Å². The first-order valence-electron chi connectivity index (χ1n) is 10.3. The van der Waals surface area contributed by atoms with E-state index in [-0.39, 0.29) is 30.2 Å². The van der Waals surface area contributed by atoms with Gasteiger partial charge in [0.05, 0.1) is 5.69 Å². The van der Waals surface area contributed by atoms with Gasteiger partial charge in [0.2, 0.25) is 5.95 Å². The zero-order valence-electron chi connectivity index (χ0n) is 17.6. The van der Waals surface area contributed by atoms with Gasteiger partial charge in [0.15, 0.2) is 0 Å². The SMILES string of the molecule is Nc1nc(N)c2c(n1)CCC2=CCC(F)c1ccc(C(=O)N[C@@H](CCC(=O)O)C(=O)O)cc1. The lowest BCUT2D eigenvalue weighted by Crippen LogP contribution is -2.41. The van der Waals surface area contributed by atoms with Crippen molar-refractivity contribution in [3.8, 4) is 0 Å². The Labute approximate surface area is 188 Å². The van der Waals surface area contributed by atoms with Gasteiger partial charge in [-0.05, 0) is 42.5 Å². The molecule has 2 atom stereocenters. The van der Waals surface area contributed by atoms with Crippen LogP contribution < -0.4 is 16.8 Å². The third-order valence-electron chi connectivity index (χ3n) is 5.34. The van der Waals surface area contributed by atoms with Crippen molar-refractivity contribution in [3.63, 3.8) is 0 Å². The van der Waals surface area contributed by atoms with E-state index in [9.17, 15) is 18.8 Å². The molecule has 1 heterocycles. The van der Waals surface area contributed by atoms with E-state index >= 15 is 0 Å². The second-order valence-electron chi connectivity index (χ2n) is 7.64. The molecule has 1 unspecified atom stereocenters. The lowest BCUT2D eigenvalue weighted by molar-refractivity contribution is -0.140. The van der Waals surface area contributed by atoms with Crippen molar-refractivity contribution in [1.82, 2.24) is 15.3 Å². The maximum atomic E-state index is 14.8. The lowest BCUT2D eigenvalue weighted by atomic mass is 10.0. The van der Waals surface area contributed by atoms with Crippen LogP contribution in [0.2, 0.25) is 0 Å². The molecule has 1 aromatic heterocycles. The van der Waals surface area contributed by atoms with Gasteiger partial charge in [0.25, 0.3) is 5.91 Å². The number of hydrogen-bond acceptors (Lipinski definition) is 7. The largest absolute Gasteiger partial charge is 0.481 e. The molecule has 0 radical (unpaired) electrons. The Hall–Kier alpha value is -4.02. The summed E-state index contributed by atoms with van der Waals surface area (Å²) in [5.41, 5.74) is 14.4. The molecule has 11 heteroatoms. The molecule has 0 aliphatic heterocycles. The number of carboxylic acids is 2. The Kier molecular flexibility index (Phi) is 7.21. The zero-order valence-corrected chi connectivity index (χ0v) is 17.6. The van der Waals surface area contributed by atoms with Crippen molar-refractivity contribution in [2.75, 3.05) is 11.5 Å². The van der Waals surface area contributed by atoms with Crippen LogP contribution in [0.15, 0.2) is 30.3 Å². The molecule has 1 amide bonds. The van der Waals surface area contributed by atoms with Crippen LogP contribution in [0.1, 0.15) is 59.0 Å². The number of nitrogen functional groups attached to an aromatic ring is 2. The number of anilines is 2. The zero-order chi connectivity index (χ0) is 24.1. The number of hydrogen-bond donors (Lipinski definition) is 5. The summed E-state index contributed by atoms with van der Waals surface area (Å²) in [4.78, 5) is 42.3. The second kappa shape index (κ2) is 10.1. The van der Waals surface area contributed by atoms with Gasteiger partial charge in [-0.1, -0.05) is 18.2 Å². The van der Waals surface area contributed by atoms with Crippen LogP contribution in [0.5, 0.6) is 0 Å². The minimum atomic E-state index is -1.34. The predicted octanol–water partition coefficient (Wildman–Crippen LogP) is 2.12. The molecule has 10 nitrogen and oxygen atoms in total. The highest BCUT2D eigenvalue weighted by Crippen LogP contribution is 2.36. The summed E-state index contributed by atoms with van der Waals surface area (Å²) in [5, 5.41) is 20.1. The van der Waals surface area contributed by atoms with E-state index in [1.54, 1.807) is 6.08 Å². The van der Waals surface area contributed by atoms with Crippen LogP contribution in [-0.4, -0.2) is 44.1 Å². The van der Waals surface area contributed by atoms with Crippen molar-refractivity contribution >= 4 is 35.2 Å². The summed E-state index contributed by atoms with van der Waals surface area (Å²) < 4.78 is 14.8. The normalized spacial score (nSPS) is 15.6. The van der Waals surface area contributed by atoms with E-state index in [2.05, 4.69) is 15.3 Å². The van der Waals surface area contributed by atoms with Crippen LogP contribution in [0, 0.1) is 0 Å². The van der Waals surface area contributed by atoms with E-state index in [0.717, 1.165) is 11.3 Å². The van der Waals surface area contributed by atoms with E-state index in [1.165, 1.54) is 24.3 Å². The maximum Gasteiger partial charge on any atom is 0.326 e. The van der Waals surface area contributed by atoms with Gasteiger partial charge in [0, 0.05) is 24.0 Å². The minimum absolute atomic E-state index is 0.0837. The van der Waals surface area contributed by atoms with Gasteiger partial charge in [-0.25, -0.2) is 14.2 Å². The number of aryl methyl sites for hydroxylation is 1. The van der Waals surface area contributed by atoms with Gasteiger partial charge >= 0.3 is 11.9 Å². The highest BCUT2D eigenvalue weighted by atomic mass is 19.1. The summed E-state index contributed by atoms with van der Waals surface area (Å²) in [5.74, 6) is -2.80. The molecular weight excluding hydrogens is 433 g/mol. The summed E-state index contributed by atoms with van der Waals surface area (Å²) in [6.45, 7) is 0. The number of nitrogens with two attached hydrogens (primary N) is 2. The van der Waals surface area contributed by atoms with Crippen molar-refractivity contribution < 1.29 is 29.0 Å². The van der Waals surface area contributed by atoms with Crippen molar-refractivity contribution in [3.05, 3.63) is 52.7 Å². The van der Waals surface area contributed by atoms with Crippen LogP contribution >= 0.6 is 0 Å². The van der Waals surface area contributed by atoms with E-state index in [0.29, 0.717) is 24.0 Å². The molecule has 174 valence electrons. The van der Waals surface area contributed by atoms with Crippen LogP contribution in [-0.2, 0) is 16.0 Å². The fourth-order valence-corrected chi connectivity index (χ4v) is 3.65. The third-order valence-corrected chi connectivity index (χ3v) is 5.34. The molecule has 0 saturated carbocycles. The Morgan fingerprint density at radius 1 is 1.12 bits per heavy atom. The fraction of sp³-hybridized carbons (Fsp3) is 0.318. The number of nitrogens with one attached hydrogen (secondary N) is 1. The molecule has 7 N–H and O–H groups in total. The number of amides is 1. The number of fused-ring (bicyclic) bond motifs is 1. The number of carboxylic acid groups (broad SMARTS) is 2. The summed E-state index contributed by atoms with van der Waals surface area (Å²) in [6, 6.07) is 4.34. The summed E-state index contributed by atoms with van der Waals surface area (Å²) in [6.07, 6.45) is 1.18. The molecule has 0 fully saturated rings. The van der Waals surface area contributed by atoms with E-state index < -0.39 is 36.5 Å². The molecule has 0 spiro atoms. The van der Waals surface area contributed by atoms with Crippen molar-refractivity contribution in [2.24, 2.45) is 0 Å². The van der Waals surface area contributed by atoms with Crippen LogP contribution in [0.25, 0.3) is 5.57 Å². The Bertz CT molecular complexity index is 1100. The molecule has 0 saturated heterocycles. The summed E-state index contributed by atoms with van der Waals surface area (Å²) >= 11 is 0. The number of allylic oxidation sites excluding steroid dienone is 2. The maximum absolute atomic E-state index is 14.8. The number of aromatic nitrogens is 2. The molecule has 1 aromatic carbocycles. The standard InChI is InChI=1S/C22H24FN5O5/c23-14(7-5-12-6-8-15-18(12)19(24)28-22(25)27-15)11-1-3-13(4-2-11)20(31)26-16(21(32)33)9-10-17(29)30/h1-5,14,16H,6-10H2,(H,26,31)(H,29,30)(H,32,33)(H4,24,25,27,28)/t14?,16-/m0/s1. The Morgan fingerprint density at radius 2 is 1.82 bits per heavy atom. The smallest absolute Gasteiger partial charge is 0.326 e. The first-order chi connectivity index (χ1) is 15.7. The average Bonchev–Trinajstić information content (AvgIpc) is 3.17. The number of benzene rings is 1. The van der Waals surface area contributed by atoms with Gasteiger partial charge < -0.3 is 27.0 Å². The number of rotatable bonds is 9. The second-order valence-corrected chi connectivity index (χ2v) is 7.64. The van der Waals surface area contributed by atoms with Gasteiger partial charge in [-0.2, -0.15) is 4.98 Å². The molecular formula is C22H24FN5O5. The minimum Gasteiger partial charge on any atom is -0.481 e. The average molecular weight is 457 g/mol. The number of carbonyl (C=O) groups is 3. The predicted molar refractivity (Wildman–Crippen MR) is 118 cm³/mol. The van der Waals surface area contributed by atoms with Crippen LogP contribution in [0.4, 0.5) is 16.2 Å². The highest BCUT2D eigenvalue weighted by Gasteiger charge is 2.23. The molecule has 1 aliphatic rings. The highest BCUT2D eigenvalue weighted by molar-refractivity contribution is 5.96. The van der Waals surface area contributed by atoms with E-state index in [1.807, 2.05) is 0 Å². The first kappa shape index (κ1) is 23.6. The Balaban J connectivity index is 1.63. The number of nitrogens with zero attached hydrogens (tertiary/aromatic N) is 2. The lowest BCUT2D eigenvalue weighted by Gasteiger charge is -2.14. The number of carbonyl (C=O) groups excluding carboxylic acids is 1. The Morgan fingerprint density at radius 3 is 2.45 bits per heavy atom. The summed E-state index contributed by atoms with van der Waals surface area (Å²) in [7, 11) is 0. The van der Waals surface area contributed by atoms with Crippen molar-refractivity contribution in [1.29, 1.82) is 0 Å². The first-order valence-corrected chi connectivity index (χ1v) is 10.3. The van der Waals surface area contributed by atoms with Gasteiger partial charge in [0.1, 0.15) is 18.0 Å². The van der Waals surface area contributed by atoms with Crippen LogP contribution in [0.3, 0.4) is 0 Å². The fourth-order valence-electron chi connectivity index (χ4n) is 3.65. The third kappa shape index (κ3) is 5.82. The quantitative estimate of drug-likeness (QED) is 0.376.